The van der Waals surface area contributed by atoms with Gasteiger partial charge in [-0.15, -0.1) is 0 Å². The van der Waals surface area contributed by atoms with Crippen LogP contribution in [0.15, 0.2) is 11.6 Å². The molecule has 3 unspecified atom stereocenters. The minimum Gasteiger partial charge on any atom is -0.299 e. The van der Waals surface area contributed by atoms with Gasteiger partial charge in [-0.25, -0.2) is 0 Å². The van der Waals surface area contributed by atoms with Crippen molar-refractivity contribution in [3.05, 3.63) is 11.6 Å². The summed E-state index contributed by atoms with van der Waals surface area (Å²) in [6.07, 6.45) is 6.51. The van der Waals surface area contributed by atoms with Crippen molar-refractivity contribution in [2.75, 3.05) is 0 Å². The first kappa shape index (κ1) is 11.9. The summed E-state index contributed by atoms with van der Waals surface area (Å²) < 4.78 is 0. The van der Waals surface area contributed by atoms with E-state index in [4.69, 9.17) is 0 Å². The Hall–Kier alpha value is -0.590. The fraction of sp³-hybridized carbons (Fsp3) is 0.800. The van der Waals surface area contributed by atoms with Gasteiger partial charge in [0.1, 0.15) is 5.78 Å². The number of allylic oxidation sites excluding steroid dienone is 2. The van der Waals surface area contributed by atoms with Crippen LogP contribution in [-0.4, -0.2) is 5.78 Å². The predicted molar refractivity (Wildman–Crippen MR) is 67.2 cm³/mol. The van der Waals surface area contributed by atoms with E-state index in [2.05, 4.69) is 33.8 Å². The van der Waals surface area contributed by atoms with Gasteiger partial charge in [0, 0.05) is 12.3 Å². The van der Waals surface area contributed by atoms with E-state index in [1.165, 1.54) is 24.8 Å². The molecule has 1 nitrogen and oxygen atoms in total. The summed E-state index contributed by atoms with van der Waals surface area (Å²) in [6, 6.07) is 0. The highest BCUT2D eigenvalue weighted by Crippen LogP contribution is 2.56. The molecule has 3 atom stereocenters. The molecule has 0 aromatic rings. The molecule has 0 saturated heterocycles. The monoisotopic (exact) mass is 220 g/mol. The van der Waals surface area contributed by atoms with Crippen LogP contribution < -0.4 is 0 Å². The van der Waals surface area contributed by atoms with E-state index in [-0.39, 0.29) is 5.92 Å². The van der Waals surface area contributed by atoms with Crippen molar-refractivity contribution in [1.29, 1.82) is 0 Å². The molecule has 0 aromatic heterocycles. The summed E-state index contributed by atoms with van der Waals surface area (Å²) in [6.45, 7) is 9.04. The molecule has 1 saturated carbocycles. The molecule has 2 aliphatic carbocycles. The quantitative estimate of drug-likeness (QED) is 0.564. The maximum absolute atomic E-state index is 12.0. The SMILES string of the molecule is C/C1=C/CC(=O)C(C)C2CC(C)(C)C2CC1. The van der Waals surface area contributed by atoms with Gasteiger partial charge < -0.3 is 0 Å². The first-order chi connectivity index (χ1) is 7.42. The van der Waals surface area contributed by atoms with Gasteiger partial charge in [-0.2, -0.15) is 0 Å². The van der Waals surface area contributed by atoms with Crippen molar-refractivity contribution in [2.24, 2.45) is 23.2 Å². The van der Waals surface area contributed by atoms with Crippen LogP contribution in [-0.2, 0) is 4.79 Å². The van der Waals surface area contributed by atoms with Crippen molar-refractivity contribution in [2.45, 2.75) is 53.4 Å². The molecular formula is C15H24O. The van der Waals surface area contributed by atoms with Gasteiger partial charge in [0.15, 0.2) is 0 Å². The number of ketones is 1. The summed E-state index contributed by atoms with van der Waals surface area (Å²) in [4.78, 5) is 12.0. The highest BCUT2D eigenvalue weighted by atomic mass is 16.1. The molecule has 2 rings (SSSR count). The number of fused-ring (bicyclic) bond motifs is 1. The zero-order valence-corrected chi connectivity index (χ0v) is 11.0. The van der Waals surface area contributed by atoms with Crippen molar-refractivity contribution in [1.82, 2.24) is 0 Å². The topological polar surface area (TPSA) is 17.1 Å². The third kappa shape index (κ3) is 1.97. The van der Waals surface area contributed by atoms with Crippen LogP contribution in [0.2, 0.25) is 0 Å². The average molecular weight is 220 g/mol. The van der Waals surface area contributed by atoms with Crippen LogP contribution in [0.4, 0.5) is 0 Å². The molecule has 0 spiro atoms. The highest BCUT2D eigenvalue weighted by Gasteiger charge is 2.49. The van der Waals surface area contributed by atoms with Crippen LogP contribution in [0.25, 0.3) is 0 Å². The average Bonchev–Trinajstić information content (AvgIpc) is 2.24. The van der Waals surface area contributed by atoms with Crippen LogP contribution in [0, 0.1) is 23.2 Å². The molecule has 1 heteroatoms. The molecule has 0 aliphatic heterocycles. The zero-order chi connectivity index (χ0) is 11.9. The van der Waals surface area contributed by atoms with E-state index in [1.54, 1.807) is 0 Å². The smallest absolute Gasteiger partial charge is 0.139 e. The van der Waals surface area contributed by atoms with Gasteiger partial charge in [-0.05, 0) is 43.4 Å². The fourth-order valence-electron chi connectivity index (χ4n) is 3.63. The Balaban J connectivity index is 2.18. The number of Topliss-reactive ketones (excluding diaryl/α,β-unsaturated/α-hetero) is 1. The van der Waals surface area contributed by atoms with E-state index in [1.807, 2.05) is 0 Å². The molecule has 0 N–H and O–H groups in total. The van der Waals surface area contributed by atoms with E-state index < -0.39 is 0 Å². The molecule has 0 bridgehead atoms. The standard InChI is InChI=1S/C15H24O/c1-10-5-7-13-12(9-15(13,3)4)11(2)14(16)8-6-10/h6,11-13H,5,7-9H2,1-4H3/b10-6-. The molecule has 2 aliphatic rings. The molecular weight excluding hydrogens is 196 g/mol. The Kier molecular flexibility index (Phi) is 2.98. The van der Waals surface area contributed by atoms with Crippen LogP contribution in [0.1, 0.15) is 53.4 Å². The van der Waals surface area contributed by atoms with E-state index in [9.17, 15) is 4.79 Å². The molecule has 0 radical (unpaired) electrons. The van der Waals surface area contributed by atoms with Gasteiger partial charge in [0.25, 0.3) is 0 Å². The lowest BCUT2D eigenvalue weighted by atomic mass is 9.51. The maximum Gasteiger partial charge on any atom is 0.139 e. The molecule has 0 heterocycles. The van der Waals surface area contributed by atoms with E-state index in [0.29, 0.717) is 23.5 Å². The Morgan fingerprint density at radius 3 is 2.69 bits per heavy atom. The van der Waals surface area contributed by atoms with Gasteiger partial charge in [-0.1, -0.05) is 32.4 Å². The number of hydrogen-bond donors (Lipinski definition) is 0. The van der Waals surface area contributed by atoms with Gasteiger partial charge in [-0.3, -0.25) is 4.79 Å². The van der Waals surface area contributed by atoms with Crippen molar-refractivity contribution >= 4 is 5.78 Å². The largest absolute Gasteiger partial charge is 0.299 e. The van der Waals surface area contributed by atoms with Gasteiger partial charge in [0.2, 0.25) is 0 Å². The second-order valence-corrected chi connectivity index (χ2v) is 6.51. The Morgan fingerprint density at radius 2 is 2.06 bits per heavy atom. The van der Waals surface area contributed by atoms with Gasteiger partial charge in [0.05, 0.1) is 0 Å². The summed E-state index contributed by atoms with van der Waals surface area (Å²) >= 11 is 0. The van der Waals surface area contributed by atoms with Crippen molar-refractivity contribution in [3.63, 3.8) is 0 Å². The third-order valence-corrected chi connectivity index (χ3v) is 4.93. The molecule has 0 aromatic carbocycles. The number of rotatable bonds is 0. The first-order valence-electron chi connectivity index (χ1n) is 6.60. The number of carbonyl (C=O) groups is 1. The van der Waals surface area contributed by atoms with Crippen molar-refractivity contribution in [3.8, 4) is 0 Å². The number of carbonyl (C=O) groups excluding carboxylic acids is 1. The minimum atomic E-state index is 0.278. The third-order valence-electron chi connectivity index (χ3n) is 4.93. The lowest BCUT2D eigenvalue weighted by molar-refractivity contribution is -0.130. The van der Waals surface area contributed by atoms with Crippen molar-refractivity contribution < 1.29 is 4.79 Å². The van der Waals surface area contributed by atoms with Crippen LogP contribution in [0.5, 0.6) is 0 Å². The Bertz CT molecular complexity index is 324. The Labute approximate surface area is 99.3 Å². The van der Waals surface area contributed by atoms with E-state index in [0.717, 1.165) is 5.92 Å². The second kappa shape index (κ2) is 4.01. The lowest BCUT2D eigenvalue weighted by Crippen LogP contribution is -2.48. The lowest BCUT2D eigenvalue weighted by Gasteiger charge is -2.54. The number of hydrogen-bond acceptors (Lipinski definition) is 1. The second-order valence-electron chi connectivity index (χ2n) is 6.51. The first-order valence-corrected chi connectivity index (χ1v) is 6.60. The fourth-order valence-corrected chi connectivity index (χ4v) is 3.63. The van der Waals surface area contributed by atoms with Gasteiger partial charge >= 0.3 is 0 Å². The van der Waals surface area contributed by atoms with Crippen LogP contribution in [0.3, 0.4) is 0 Å². The summed E-state index contributed by atoms with van der Waals surface area (Å²) in [5.74, 6) is 2.14. The molecule has 16 heavy (non-hydrogen) atoms. The molecule has 0 amide bonds. The molecule has 1 fully saturated rings. The molecule has 90 valence electrons. The Morgan fingerprint density at radius 1 is 1.38 bits per heavy atom. The van der Waals surface area contributed by atoms with Crippen LogP contribution >= 0.6 is 0 Å². The summed E-state index contributed by atoms with van der Waals surface area (Å²) in [5.41, 5.74) is 1.87. The summed E-state index contributed by atoms with van der Waals surface area (Å²) in [5, 5.41) is 0. The van der Waals surface area contributed by atoms with E-state index >= 15 is 0 Å². The predicted octanol–water partition coefficient (Wildman–Crippen LogP) is 3.98. The maximum atomic E-state index is 12.0. The normalized spacial score (nSPS) is 41.9. The zero-order valence-electron chi connectivity index (χ0n) is 11.0. The summed E-state index contributed by atoms with van der Waals surface area (Å²) in [7, 11) is 0. The minimum absolute atomic E-state index is 0.278. The highest BCUT2D eigenvalue weighted by molar-refractivity contribution is 5.82.